The number of para-hydroxylation sites is 1. The van der Waals surface area contributed by atoms with Crippen LogP contribution in [0.3, 0.4) is 0 Å². The number of nitrogens with two attached hydrogens (primary N) is 1. The van der Waals surface area contributed by atoms with E-state index in [9.17, 15) is 0 Å². The van der Waals surface area contributed by atoms with Crippen molar-refractivity contribution in [1.29, 1.82) is 0 Å². The highest BCUT2D eigenvalue weighted by Crippen LogP contribution is 2.45. The molecule has 0 radical (unpaired) electrons. The Labute approximate surface area is 183 Å². The second-order valence-corrected chi connectivity index (χ2v) is 8.05. The van der Waals surface area contributed by atoms with Crippen molar-refractivity contribution in [2.45, 2.75) is 31.7 Å². The summed E-state index contributed by atoms with van der Waals surface area (Å²) in [6.45, 7) is 3.22. The molecule has 2 aromatic rings. The largest absolute Gasteiger partial charge is 0.424 e. The normalized spacial score (nSPS) is 21.9. The average Bonchev–Trinajstić information content (AvgIpc) is 3.39. The number of rotatable bonds is 13. The zero-order valence-corrected chi connectivity index (χ0v) is 17.8. The van der Waals surface area contributed by atoms with Gasteiger partial charge in [-0.25, -0.2) is 0 Å². The Morgan fingerprint density at radius 1 is 0.903 bits per heavy atom. The number of anilines is 2. The molecule has 9 heteroatoms. The molecule has 3 unspecified atom stereocenters. The molecular formula is C22H32N6O3. The van der Waals surface area contributed by atoms with Gasteiger partial charge in [0.15, 0.2) is 0 Å². The minimum atomic E-state index is 0.269. The lowest BCUT2D eigenvalue weighted by Crippen LogP contribution is -2.27. The SMILES string of the molecule is NCCOCCOCCNc1nc(NC2CC3CCC2C3)nc(Oc2ccccc2)n1. The van der Waals surface area contributed by atoms with Gasteiger partial charge in [-0.05, 0) is 43.2 Å². The van der Waals surface area contributed by atoms with Gasteiger partial charge >= 0.3 is 6.01 Å². The summed E-state index contributed by atoms with van der Waals surface area (Å²) in [6.07, 6.45) is 5.15. The van der Waals surface area contributed by atoms with Crippen LogP contribution in [-0.2, 0) is 9.47 Å². The van der Waals surface area contributed by atoms with Crippen molar-refractivity contribution >= 4 is 11.9 Å². The van der Waals surface area contributed by atoms with Crippen molar-refractivity contribution in [3.8, 4) is 11.8 Å². The van der Waals surface area contributed by atoms with Crippen molar-refractivity contribution in [3.05, 3.63) is 30.3 Å². The Bertz CT molecular complexity index is 809. The van der Waals surface area contributed by atoms with Gasteiger partial charge in [-0.3, -0.25) is 0 Å². The van der Waals surface area contributed by atoms with E-state index in [1.807, 2.05) is 30.3 Å². The summed E-state index contributed by atoms with van der Waals surface area (Å²) in [5.41, 5.74) is 5.39. The Kier molecular flexibility index (Phi) is 7.87. The molecule has 4 N–H and O–H groups in total. The molecule has 1 aromatic heterocycles. The standard InChI is InChI=1S/C22H32N6O3/c23-8-10-29-12-13-30-11-9-24-20-26-21(25-19-15-16-6-7-17(19)14-16)28-22(27-20)31-18-4-2-1-3-5-18/h1-5,16-17,19H,6-15,23H2,(H2,24,25,26,27,28). The highest BCUT2D eigenvalue weighted by Gasteiger charge is 2.39. The van der Waals surface area contributed by atoms with Gasteiger partial charge in [0.2, 0.25) is 11.9 Å². The maximum atomic E-state index is 5.87. The topological polar surface area (TPSA) is 116 Å². The number of hydrogen-bond acceptors (Lipinski definition) is 9. The molecule has 2 aliphatic rings. The van der Waals surface area contributed by atoms with Gasteiger partial charge < -0.3 is 30.6 Å². The maximum absolute atomic E-state index is 5.87. The molecule has 9 nitrogen and oxygen atoms in total. The van der Waals surface area contributed by atoms with Crippen LogP contribution < -0.4 is 21.1 Å². The van der Waals surface area contributed by atoms with E-state index in [1.165, 1.54) is 25.7 Å². The number of hydrogen-bond donors (Lipinski definition) is 3. The lowest BCUT2D eigenvalue weighted by molar-refractivity contribution is 0.0547. The summed E-state index contributed by atoms with van der Waals surface area (Å²) in [5, 5.41) is 6.73. The van der Waals surface area contributed by atoms with Crippen molar-refractivity contribution in [3.63, 3.8) is 0 Å². The van der Waals surface area contributed by atoms with Crippen LogP contribution in [0.5, 0.6) is 11.8 Å². The Morgan fingerprint density at radius 2 is 1.71 bits per heavy atom. The highest BCUT2D eigenvalue weighted by molar-refractivity contribution is 5.38. The van der Waals surface area contributed by atoms with Gasteiger partial charge in [0.25, 0.3) is 0 Å². The van der Waals surface area contributed by atoms with Crippen molar-refractivity contribution in [1.82, 2.24) is 15.0 Å². The van der Waals surface area contributed by atoms with Crippen LogP contribution in [0.25, 0.3) is 0 Å². The monoisotopic (exact) mass is 428 g/mol. The number of nitrogens with one attached hydrogen (secondary N) is 2. The molecule has 2 aliphatic carbocycles. The molecule has 1 heterocycles. The summed E-state index contributed by atoms with van der Waals surface area (Å²) in [6, 6.07) is 10.2. The van der Waals surface area contributed by atoms with E-state index < -0.39 is 0 Å². The summed E-state index contributed by atoms with van der Waals surface area (Å²) < 4.78 is 16.7. The van der Waals surface area contributed by atoms with Gasteiger partial charge in [-0.1, -0.05) is 24.6 Å². The van der Waals surface area contributed by atoms with Gasteiger partial charge in [-0.15, -0.1) is 0 Å². The number of ether oxygens (including phenoxy) is 3. The highest BCUT2D eigenvalue weighted by atomic mass is 16.5. The molecule has 0 amide bonds. The van der Waals surface area contributed by atoms with Crippen LogP contribution in [-0.4, -0.2) is 60.5 Å². The van der Waals surface area contributed by atoms with Gasteiger partial charge in [0.05, 0.1) is 26.4 Å². The van der Waals surface area contributed by atoms with Crippen LogP contribution in [0.2, 0.25) is 0 Å². The van der Waals surface area contributed by atoms with Crippen LogP contribution in [0.4, 0.5) is 11.9 Å². The lowest BCUT2D eigenvalue weighted by Gasteiger charge is -2.23. The third-order valence-electron chi connectivity index (χ3n) is 5.78. The van der Waals surface area contributed by atoms with Gasteiger partial charge in [0.1, 0.15) is 5.75 Å². The van der Waals surface area contributed by atoms with Crippen molar-refractivity contribution < 1.29 is 14.2 Å². The Hall–Kier alpha value is -2.49. The fourth-order valence-corrected chi connectivity index (χ4v) is 4.37. The second-order valence-electron chi connectivity index (χ2n) is 8.05. The molecule has 4 rings (SSSR count). The third-order valence-corrected chi connectivity index (χ3v) is 5.78. The molecule has 0 saturated heterocycles. The lowest BCUT2D eigenvalue weighted by atomic mass is 9.95. The number of fused-ring (bicyclic) bond motifs is 2. The number of aromatic nitrogens is 3. The van der Waals surface area contributed by atoms with Gasteiger partial charge in [0, 0.05) is 19.1 Å². The maximum Gasteiger partial charge on any atom is 0.328 e. The van der Waals surface area contributed by atoms with E-state index in [1.54, 1.807) is 0 Å². The van der Waals surface area contributed by atoms with Crippen molar-refractivity contribution in [2.24, 2.45) is 17.6 Å². The molecule has 2 saturated carbocycles. The fraction of sp³-hybridized carbons (Fsp3) is 0.591. The van der Waals surface area contributed by atoms with E-state index in [2.05, 4.69) is 25.6 Å². The minimum Gasteiger partial charge on any atom is -0.424 e. The zero-order valence-electron chi connectivity index (χ0n) is 17.8. The van der Waals surface area contributed by atoms with E-state index in [0.717, 1.165) is 5.92 Å². The molecule has 3 atom stereocenters. The first-order chi connectivity index (χ1) is 15.3. The quantitative estimate of drug-likeness (QED) is 0.414. The van der Waals surface area contributed by atoms with Crippen LogP contribution in [0, 0.1) is 11.8 Å². The summed E-state index contributed by atoms with van der Waals surface area (Å²) in [4.78, 5) is 13.5. The Morgan fingerprint density at radius 3 is 2.45 bits per heavy atom. The predicted octanol–water partition coefficient (Wildman–Crippen LogP) is 2.67. The van der Waals surface area contributed by atoms with E-state index >= 15 is 0 Å². The number of nitrogens with zero attached hydrogens (tertiary/aromatic N) is 3. The zero-order chi connectivity index (χ0) is 21.3. The predicted molar refractivity (Wildman–Crippen MR) is 118 cm³/mol. The first-order valence-electron chi connectivity index (χ1n) is 11.1. The van der Waals surface area contributed by atoms with Crippen LogP contribution in [0.15, 0.2) is 30.3 Å². The fourth-order valence-electron chi connectivity index (χ4n) is 4.37. The average molecular weight is 429 g/mol. The minimum absolute atomic E-state index is 0.269. The van der Waals surface area contributed by atoms with Crippen LogP contribution in [0.1, 0.15) is 25.7 Å². The third kappa shape index (κ3) is 6.49. The smallest absolute Gasteiger partial charge is 0.328 e. The Balaban J connectivity index is 1.34. The molecule has 31 heavy (non-hydrogen) atoms. The summed E-state index contributed by atoms with van der Waals surface area (Å²) in [7, 11) is 0. The van der Waals surface area contributed by atoms with E-state index in [4.69, 9.17) is 19.9 Å². The van der Waals surface area contributed by atoms with Crippen LogP contribution >= 0.6 is 0 Å². The van der Waals surface area contributed by atoms with E-state index in [0.29, 0.717) is 69.1 Å². The molecule has 1 aromatic carbocycles. The molecule has 0 aliphatic heterocycles. The molecule has 168 valence electrons. The first-order valence-corrected chi connectivity index (χ1v) is 11.1. The van der Waals surface area contributed by atoms with Gasteiger partial charge in [-0.2, -0.15) is 15.0 Å². The first kappa shape index (κ1) is 21.7. The van der Waals surface area contributed by atoms with E-state index in [-0.39, 0.29) is 6.01 Å². The van der Waals surface area contributed by atoms with Crippen molar-refractivity contribution in [2.75, 3.05) is 50.2 Å². The summed E-state index contributed by atoms with van der Waals surface area (Å²) in [5.74, 6) is 3.26. The molecule has 2 bridgehead atoms. The number of benzene rings is 1. The second kappa shape index (κ2) is 11.2. The summed E-state index contributed by atoms with van der Waals surface area (Å²) >= 11 is 0. The molecule has 0 spiro atoms. The molecule has 2 fully saturated rings. The molecular weight excluding hydrogens is 396 g/mol.